The molecule has 0 amide bonds. The highest BCUT2D eigenvalue weighted by Gasteiger charge is 2.37. The number of hydrogen-bond donors (Lipinski definition) is 0. The molecule has 0 aliphatic rings. The topological polar surface area (TPSA) is 26.3 Å². The van der Waals surface area contributed by atoms with E-state index in [9.17, 15) is 18.0 Å². The molecular weight excluding hydrogens is 257 g/mol. The summed E-state index contributed by atoms with van der Waals surface area (Å²) in [4.78, 5) is 10.8. The fraction of sp³-hybridized carbons (Fsp3) is 0.500. The molecule has 1 aromatic carbocycles. The lowest BCUT2D eigenvalue weighted by Crippen LogP contribution is -2.22. The van der Waals surface area contributed by atoms with Crippen LogP contribution in [0.4, 0.5) is 13.2 Å². The van der Waals surface area contributed by atoms with Crippen molar-refractivity contribution < 1.29 is 22.7 Å². The Bertz CT molecular complexity index is 450. The van der Waals surface area contributed by atoms with Crippen molar-refractivity contribution >= 4 is 5.78 Å². The van der Waals surface area contributed by atoms with Gasteiger partial charge in [0.25, 0.3) is 0 Å². The molecule has 0 radical (unpaired) electrons. The number of halogens is 3. The lowest BCUT2D eigenvalue weighted by atomic mass is 9.97. The summed E-state index contributed by atoms with van der Waals surface area (Å²) in [6, 6.07) is 5.21. The minimum absolute atomic E-state index is 0.0854. The Balaban J connectivity index is 2.81. The summed E-state index contributed by atoms with van der Waals surface area (Å²) >= 11 is 0. The SMILES string of the molecule is COc1ccc(CCC(=O)C(F)(F)F)cc1C(C)C. The van der Waals surface area contributed by atoms with E-state index in [-0.39, 0.29) is 12.3 Å². The fourth-order valence-electron chi connectivity index (χ4n) is 1.79. The number of ether oxygens (including phenoxy) is 1. The number of aryl methyl sites for hydroxylation is 1. The first-order valence-corrected chi connectivity index (χ1v) is 6.02. The molecule has 0 N–H and O–H groups in total. The van der Waals surface area contributed by atoms with Crippen LogP contribution >= 0.6 is 0 Å². The minimum Gasteiger partial charge on any atom is -0.496 e. The lowest BCUT2D eigenvalue weighted by Gasteiger charge is -2.13. The van der Waals surface area contributed by atoms with Crippen LogP contribution in [0.25, 0.3) is 0 Å². The van der Waals surface area contributed by atoms with Gasteiger partial charge in [-0.15, -0.1) is 0 Å². The van der Waals surface area contributed by atoms with E-state index in [1.807, 2.05) is 13.8 Å². The zero-order valence-electron chi connectivity index (χ0n) is 11.2. The Hall–Kier alpha value is -1.52. The van der Waals surface area contributed by atoms with E-state index in [4.69, 9.17) is 4.74 Å². The van der Waals surface area contributed by atoms with Gasteiger partial charge in [0.2, 0.25) is 5.78 Å². The molecule has 0 fully saturated rings. The minimum atomic E-state index is -4.74. The number of Topliss-reactive ketones (excluding diaryl/α,β-unsaturated/α-hetero) is 1. The average molecular weight is 274 g/mol. The molecule has 19 heavy (non-hydrogen) atoms. The number of alkyl halides is 3. The van der Waals surface area contributed by atoms with Gasteiger partial charge in [-0.05, 0) is 29.5 Å². The molecule has 0 aromatic heterocycles. The maximum atomic E-state index is 12.1. The van der Waals surface area contributed by atoms with Gasteiger partial charge in [-0.1, -0.05) is 26.0 Å². The third-order valence-corrected chi connectivity index (χ3v) is 2.87. The third-order valence-electron chi connectivity index (χ3n) is 2.87. The summed E-state index contributed by atoms with van der Waals surface area (Å²) in [5, 5.41) is 0. The number of benzene rings is 1. The van der Waals surface area contributed by atoms with Crippen molar-refractivity contribution in [2.45, 2.75) is 38.8 Å². The number of rotatable bonds is 5. The van der Waals surface area contributed by atoms with E-state index in [0.29, 0.717) is 11.3 Å². The van der Waals surface area contributed by atoms with E-state index < -0.39 is 18.4 Å². The van der Waals surface area contributed by atoms with Crippen molar-refractivity contribution in [3.8, 4) is 5.75 Å². The van der Waals surface area contributed by atoms with Crippen LogP contribution in [-0.4, -0.2) is 19.1 Å². The number of methoxy groups -OCH3 is 1. The number of ketones is 1. The number of carbonyl (C=O) groups excluding carboxylic acids is 1. The smallest absolute Gasteiger partial charge is 0.449 e. The van der Waals surface area contributed by atoms with Gasteiger partial charge in [-0.25, -0.2) is 0 Å². The normalized spacial score (nSPS) is 11.7. The largest absolute Gasteiger partial charge is 0.496 e. The van der Waals surface area contributed by atoms with Gasteiger partial charge < -0.3 is 4.74 Å². The van der Waals surface area contributed by atoms with Crippen molar-refractivity contribution in [3.63, 3.8) is 0 Å². The Labute approximate surface area is 110 Å². The standard InChI is InChI=1S/C14H17F3O2/c1-9(2)11-8-10(4-6-12(11)19-3)5-7-13(18)14(15,16)17/h4,6,8-9H,5,7H2,1-3H3. The van der Waals surface area contributed by atoms with Crippen molar-refractivity contribution in [2.24, 2.45) is 0 Å². The molecule has 1 aromatic rings. The molecular formula is C14H17F3O2. The van der Waals surface area contributed by atoms with Gasteiger partial charge in [0.15, 0.2) is 0 Å². The molecule has 2 nitrogen and oxygen atoms in total. The van der Waals surface area contributed by atoms with E-state index in [2.05, 4.69) is 0 Å². The molecule has 0 unspecified atom stereocenters. The summed E-state index contributed by atoms with van der Waals surface area (Å²) in [7, 11) is 1.55. The molecule has 0 aliphatic heterocycles. The highest BCUT2D eigenvalue weighted by Crippen LogP contribution is 2.28. The van der Waals surface area contributed by atoms with Crippen molar-refractivity contribution in [3.05, 3.63) is 29.3 Å². The summed E-state index contributed by atoms with van der Waals surface area (Å²) in [5.41, 5.74) is 1.64. The molecule has 0 spiro atoms. The Morgan fingerprint density at radius 2 is 1.95 bits per heavy atom. The van der Waals surface area contributed by atoms with Crippen molar-refractivity contribution in [2.75, 3.05) is 7.11 Å². The second-order valence-electron chi connectivity index (χ2n) is 4.65. The Morgan fingerprint density at radius 1 is 1.32 bits per heavy atom. The second kappa shape index (κ2) is 6.08. The average Bonchev–Trinajstić information content (AvgIpc) is 2.34. The molecule has 0 saturated heterocycles. The van der Waals surface area contributed by atoms with Crippen molar-refractivity contribution in [1.82, 2.24) is 0 Å². The van der Waals surface area contributed by atoms with Crippen LogP contribution in [0.15, 0.2) is 18.2 Å². The number of hydrogen-bond acceptors (Lipinski definition) is 2. The van der Waals surface area contributed by atoms with Gasteiger partial charge in [-0.3, -0.25) is 4.79 Å². The van der Waals surface area contributed by atoms with E-state index in [0.717, 1.165) is 5.56 Å². The van der Waals surface area contributed by atoms with Gasteiger partial charge >= 0.3 is 6.18 Å². The van der Waals surface area contributed by atoms with Crippen LogP contribution < -0.4 is 4.74 Å². The van der Waals surface area contributed by atoms with Crippen LogP contribution in [0.5, 0.6) is 5.75 Å². The zero-order valence-corrected chi connectivity index (χ0v) is 11.2. The Morgan fingerprint density at radius 3 is 2.42 bits per heavy atom. The van der Waals surface area contributed by atoms with Crippen LogP contribution in [0.3, 0.4) is 0 Å². The van der Waals surface area contributed by atoms with Gasteiger partial charge in [0.1, 0.15) is 5.75 Å². The first kappa shape index (κ1) is 15.5. The predicted octanol–water partition coefficient (Wildman–Crippen LogP) is 3.88. The molecule has 0 bridgehead atoms. The maximum absolute atomic E-state index is 12.1. The zero-order chi connectivity index (χ0) is 14.6. The number of carbonyl (C=O) groups is 1. The lowest BCUT2D eigenvalue weighted by molar-refractivity contribution is -0.171. The molecule has 5 heteroatoms. The maximum Gasteiger partial charge on any atom is 0.449 e. The highest BCUT2D eigenvalue weighted by atomic mass is 19.4. The van der Waals surface area contributed by atoms with E-state index in [1.165, 1.54) is 0 Å². The predicted molar refractivity (Wildman–Crippen MR) is 66.5 cm³/mol. The summed E-state index contributed by atoms with van der Waals surface area (Å²) in [6.07, 6.45) is -5.18. The highest BCUT2D eigenvalue weighted by molar-refractivity contribution is 5.84. The summed E-state index contributed by atoms with van der Waals surface area (Å²) in [6.45, 7) is 3.95. The molecule has 0 atom stereocenters. The third kappa shape index (κ3) is 4.26. The molecule has 0 heterocycles. The quantitative estimate of drug-likeness (QED) is 0.814. The summed E-state index contributed by atoms with van der Waals surface area (Å²) in [5.74, 6) is -0.775. The Kier molecular flexibility index (Phi) is 4.97. The van der Waals surface area contributed by atoms with Crippen LogP contribution in [0.1, 0.15) is 37.3 Å². The van der Waals surface area contributed by atoms with E-state index in [1.54, 1.807) is 25.3 Å². The first-order valence-electron chi connectivity index (χ1n) is 6.02. The van der Waals surface area contributed by atoms with Gasteiger partial charge in [-0.2, -0.15) is 13.2 Å². The molecule has 0 aliphatic carbocycles. The van der Waals surface area contributed by atoms with Crippen molar-refractivity contribution in [1.29, 1.82) is 0 Å². The van der Waals surface area contributed by atoms with Gasteiger partial charge in [0.05, 0.1) is 7.11 Å². The fourth-order valence-corrected chi connectivity index (χ4v) is 1.79. The van der Waals surface area contributed by atoms with E-state index >= 15 is 0 Å². The van der Waals surface area contributed by atoms with Crippen LogP contribution in [-0.2, 0) is 11.2 Å². The second-order valence-corrected chi connectivity index (χ2v) is 4.65. The monoisotopic (exact) mass is 274 g/mol. The van der Waals surface area contributed by atoms with Crippen LogP contribution in [0, 0.1) is 0 Å². The first-order chi connectivity index (χ1) is 8.75. The van der Waals surface area contributed by atoms with Gasteiger partial charge in [0, 0.05) is 6.42 Å². The molecule has 1 rings (SSSR count). The molecule has 106 valence electrons. The summed E-state index contributed by atoms with van der Waals surface area (Å²) < 4.78 is 41.5. The van der Waals surface area contributed by atoms with Crippen LogP contribution in [0.2, 0.25) is 0 Å². The molecule has 0 saturated carbocycles.